The highest BCUT2D eigenvalue weighted by Gasteiger charge is 2.13. The molecular formula is C24H35N5O. The summed E-state index contributed by atoms with van der Waals surface area (Å²) in [7, 11) is 0. The molecule has 1 aromatic carbocycles. The largest absolute Gasteiger partial charge is 0.376 e. The van der Waals surface area contributed by atoms with Crippen LogP contribution in [0.15, 0.2) is 53.7 Å². The highest BCUT2D eigenvalue weighted by atomic mass is 16.5. The van der Waals surface area contributed by atoms with E-state index in [1.165, 1.54) is 24.0 Å². The molecule has 0 radical (unpaired) electrons. The van der Waals surface area contributed by atoms with Crippen molar-refractivity contribution < 1.29 is 4.74 Å². The van der Waals surface area contributed by atoms with E-state index in [1.807, 2.05) is 30.5 Å². The number of nitrogens with one attached hydrogen (secondary N) is 2. The normalized spacial score (nSPS) is 15.3. The van der Waals surface area contributed by atoms with Gasteiger partial charge in [-0.2, -0.15) is 0 Å². The zero-order valence-electron chi connectivity index (χ0n) is 18.3. The Bertz CT molecular complexity index is 774. The number of anilines is 1. The minimum Gasteiger partial charge on any atom is -0.376 e. The number of benzene rings is 1. The molecule has 3 rings (SSSR count). The van der Waals surface area contributed by atoms with Crippen LogP contribution >= 0.6 is 0 Å². The van der Waals surface area contributed by atoms with Crippen molar-refractivity contribution in [2.24, 2.45) is 10.9 Å². The predicted octanol–water partition coefficient (Wildman–Crippen LogP) is 3.59. The summed E-state index contributed by atoms with van der Waals surface area (Å²) in [6.07, 6.45) is 4.41. The van der Waals surface area contributed by atoms with E-state index in [9.17, 15) is 0 Å². The summed E-state index contributed by atoms with van der Waals surface area (Å²) in [5, 5.41) is 6.77. The molecule has 1 aliphatic rings. The molecule has 2 aromatic rings. The van der Waals surface area contributed by atoms with Gasteiger partial charge in [0.05, 0.1) is 19.8 Å². The molecule has 2 N–H and O–H groups in total. The molecule has 6 nitrogen and oxygen atoms in total. The molecule has 6 heteroatoms. The van der Waals surface area contributed by atoms with Crippen molar-refractivity contribution in [2.45, 2.75) is 39.8 Å². The number of pyridine rings is 1. The topological polar surface area (TPSA) is 61.8 Å². The molecule has 0 aliphatic carbocycles. The molecule has 1 unspecified atom stereocenters. The van der Waals surface area contributed by atoms with E-state index >= 15 is 0 Å². The third-order valence-electron chi connectivity index (χ3n) is 5.14. The second kappa shape index (κ2) is 12.2. The lowest BCUT2D eigenvalue weighted by Crippen LogP contribution is -2.40. The lowest BCUT2D eigenvalue weighted by molar-refractivity contribution is 0.0931. The second-order valence-corrected chi connectivity index (χ2v) is 7.90. The molecule has 0 bridgehead atoms. The minimum absolute atomic E-state index is 0.389. The van der Waals surface area contributed by atoms with E-state index in [0.717, 1.165) is 38.0 Å². The fourth-order valence-corrected chi connectivity index (χ4v) is 3.47. The molecular weight excluding hydrogens is 374 g/mol. The lowest BCUT2D eigenvalue weighted by atomic mass is 10.2. The summed E-state index contributed by atoms with van der Waals surface area (Å²) >= 11 is 0. The number of nitrogens with zero attached hydrogens (tertiary/aromatic N) is 3. The van der Waals surface area contributed by atoms with Gasteiger partial charge in [-0.15, -0.1) is 0 Å². The van der Waals surface area contributed by atoms with E-state index in [1.54, 1.807) is 0 Å². The molecule has 1 fully saturated rings. The summed E-state index contributed by atoms with van der Waals surface area (Å²) in [4.78, 5) is 11.6. The molecule has 162 valence electrons. The van der Waals surface area contributed by atoms with Crippen molar-refractivity contribution >= 4 is 11.8 Å². The maximum atomic E-state index is 5.85. The molecule has 1 saturated heterocycles. The smallest absolute Gasteiger partial charge is 0.191 e. The maximum Gasteiger partial charge on any atom is 0.191 e. The standard InChI is InChI=1S/C24H35N5O/c1-3-25-24(27-16-20(2)18-30-19-21-9-5-4-6-10-21)28-17-22-11-12-26-23(15-22)29-13-7-8-14-29/h4-6,9-12,15,20H,3,7-8,13-14,16-19H2,1-2H3,(H2,25,27,28). The van der Waals surface area contributed by atoms with Gasteiger partial charge in [-0.1, -0.05) is 37.3 Å². The number of guanidine groups is 1. The van der Waals surface area contributed by atoms with Crippen molar-refractivity contribution in [3.63, 3.8) is 0 Å². The van der Waals surface area contributed by atoms with E-state index in [0.29, 0.717) is 25.7 Å². The van der Waals surface area contributed by atoms with Crippen LogP contribution in [0.5, 0.6) is 0 Å². The van der Waals surface area contributed by atoms with Gasteiger partial charge >= 0.3 is 0 Å². The van der Waals surface area contributed by atoms with Crippen molar-refractivity contribution in [1.29, 1.82) is 0 Å². The predicted molar refractivity (Wildman–Crippen MR) is 124 cm³/mol. The average molecular weight is 410 g/mol. The molecule has 0 amide bonds. The van der Waals surface area contributed by atoms with Gasteiger partial charge in [0.15, 0.2) is 5.96 Å². The number of hydrogen-bond acceptors (Lipinski definition) is 4. The van der Waals surface area contributed by atoms with E-state index in [4.69, 9.17) is 9.73 Å². The summed E-state index contributed by atoms with van der Waals surface area (Å²) in [6, 6.07) is 14.5. The number of aliphatic imine (C=N–C) groups is 1. The number of ether oxygens (including phenoxy) is 1. The Morgan fingerprint density at radius 1 is 1.13 bits per heavy atom. The lowest BCUT2D eigenvalue weighted by Gasteiger charge is -2.17. The monoisotopic (exact) mass is 409 g/mol. The van der Waals surface area contributed by atoms with Crippen LogP contribution < -0.4 is 15.5 Å². The van der Waals surface area contributed by atoms with E-state index in [-0.39, 0.29) is 0 Å². The van der Waals surface area contributed by atoms with Crippen LogP contribution in [0.1, 0.15) is 37.8 Å². The number of rotatable bonds is 10. The van der Waals surface area contributed by atoms with Gasteiger partial charge in [0.25, 0.3) is 0 Å². The molecule has 1 aliphatic heterocycles. The van der Waals surface area contributed by atoms with Gasteiger partial charge in [-0.3, -0.25) is 0 Å². The zero-order valence-corrected chi connectivity index (χ0v) is 18.3. The third-order valence-corrected chi connectivity index (χ3v) is 5.14. The van der Waals surface area contributed by atoms with Crippen LogP contribution in [0, 0.1) is 5.92 Å². The Labute approximate surface area is 180 Å². The van der Waals surface area contributed by atoms with Crippen LogP contribution in [-0.2, 0) is 17.9 Å². The molecule has 0 saturated carbocycles. The van der Waals surface area contributed by atoms with Crippen molar-refractivity contribution in [3.8, 4) is 0 Å². The SMILES string of the molecule is CCNC(=NCc1ccnc(N2CCCC2)c1)NCC(C)COCc1ccccc1. The van der Waals surface area contributed by atoms with Crippen LogP contribution in [-0.4, -0.2) is 43.7 Å². The first-order valence-corrected chi connectivity index (χ1v) is 11.1. The quantitative estimate of drug-likeness (QED) is 0.464. The Balaban J connectivity index is 1.45. The minimum atomic E-state index is 0.389. The Morgan fingerprint density at radius 3 is 2.70 bits per heavy atom. The van der Waals surface area contributed by atoms with Crippen molar-refractivity contribution in [2.75, 3.05) is 37.7 Å². The Morgan fingerprint density at radius 2 is 1.93 bits per heavy atom. The molecule has 1 atom stereocenters. The molecule has 30 heavy (non-hydrogen) atoms. The summed E-state index contributed by atoms with van der Waals surface area (Å²) in [5.74, 6) is 2.30. The van der Waals surface area contributed by atoms with E-state index in [2.05, 4.69) is 52.6 Å². The molecule has 0 spiro atoms. The summed E-state index contributed by atoms with van der Waals surface area (Å²) in [5.41, 5.74) is 2.39. The van der Waals surface area contributed by atoms with Crippen molar-refractivity contribution in [1.82, 2.24) is 15.6 Å². The second-order valence-electron chi connectivity index (χ2n) is 7.90. The molecule has 1 aromatic heterocycles. The zero-order chi connectivity index (χ0) is 21.0. The van der Waals surface area contributed by atoms with Crippen LogP contribution in [0.2, 0.25) is 0 Å². The third kappa shape index (κ3) is 7.34. The van der Waals surface area contributed by atoms with E-state index < -0.39 is 0 Å². The Kier molecular flexibility index (Phi) is 8.97. The first kappa shape index (κ1) is 22.1. The fraction of sp³-hybridized carbons (Fsp3) is 0.500. The van der Waals surface area contributed by atoms with Gasteiger partial charge in [-0.25, -0.2) is 9.98 Å². The highest BCUT2D eigenvalue weighted by molar-refractivity contribution is 5.79. The summed E-state index contributed by atoms with van der Waals surface area (Å²) in [6.45, 7) is 10.1. The van der Waals surface area contributed by atoms with Gasteiger partial charge in [0.2, 0.25) is 0 Å². The highest BCUT2D eigenvalue weighted by Crippen LogP contribution is 2.18. The fourth-order valence-electron chi connectivity index (χ4n) is 3.47. The van der Waals surface area contributed by atoms with Gasteiger partial charge < -0.3 is 20.3 Å². The average Bonchev–Trinajstić information content (AvgIpc) is 3.32. The van der Waals surface area contributed by atoms with Crippen molar-refractivity contribution in [3.05, 3.63) is 59.8 Å². The first-order valence-electron chi connectivity index (χ1n) is 11.1. The van der Waals surface area contributed by atoms with Crippen LogP contribution in [0.25, 0.3) is 0 Å². The summed E-state index contributed by atoms with van der Waals surface area (Å²) < 4.78 is 5.85. The first-order chi connectivity index (χ1) is 14.7. The van der Waals surface area contributed by atoms with Crippen LogP contribution in [0.3, 0.4) is 0 Å². The van der Waals surface area contributed by atoms with Gasteiger partial charge in [-0.05, 0) is 48.9 Å². The van der Waals surface area contributed by atoms with Gasteiger partial charge in [0, 0.05) is 32.4 Å². The number of hydrogen-bond donors (Lipinski definition) is 2. The Hall–Kier alpha value is -2.60. The molecule has 2 heterocycles. The maximum absolute atomic E-state index is 5.85. The van der Waals surface area contributed by atoms with Crippen LogP contribution in [0.4, 0.5) is 5.82 Å². The number of aromatic nitrogens is 1. The van der Waals surface area contributed by atoms with Gasteiger partial charge in [0.1, 0.15) is 5.82 Å².